The van der Waals surface area contributed by atoms with E-state index in [9.17, 15) is 9.90 Å². The van der Waals surface area contributed by atoms with E-state index in [4.69, 9.17) is 14.2 Å². The number of amides is 1. The van der Waals surface area contributed by atoms with Gasteiger partial charge in [0.05, 0.1) is 20.3 Å². The molecule has 0 bridgehead atoms. The third kappa shape index (κ3) is 3.78. The highest BCUT2D eigenvalue weighted by Gasteiger charge is 2.42. The second-order valence-electron chi connectivity index (χ2n) is 7.44. The molecule has 1 amide bonds. The lowest BCUT2D eigenvalue weighted by atomic mass is 9.95. The number of rotatable bonds is 9. The maximum absolute atomic E-state index is 13.3. The van der Waals surface area contributed by atoms with Gasteiger partial charge in [-0.3, -0.25) is 9.89 Å². The topological polar surface area (TPSA) is 96.9 Å². The van der Waals surface area contributed by atoms with Gasteiger partial charge >= 0.3 is 0 Å². The number of carbonyl (C=O) groups excluding carboxylic acids is 1. The number of para-hydroxylation sites is 1. The van der Waals surface area contributed by atoms with Crippen molar-refractivity contribution in [3.8, 4) is 28.5 Å². The first-order valence-electron chi connectivity index (χ1n) is 10.6. The summed E-state index contributed by atoms with van der Waals surface area (Å²) < 4.78 is 16.4. The predicted molar refractivity (Wildman–Crippen MR) is 119 cm³/mol. The average molecular weight is 437 g/mol. The molecule has 1 aromatic heterocycles. The van der Waals surface area contributed by atoms with Gasteiger partial charge in [-0.2, -0.15) is 5.10 Å². The summed E-state index contributed by atoms with van der Waals surface area (Å²) in [6.45, 7) is 3.66. The van der Waals surface area contributed by atoms with Crippen LogP contribution in [0, 0.1) is 0 Å². The Labute approximate surface area is 186 Å². The third-order valence-electron chi connectivity index (χ3n) is 5.64. The summed E-state index contributed by atoms with van der Waals surface area (Å²) in [6, 6.07) is 12.2. The number of hydrogen-bond acceptors (Lipinski definition) is 6. The molecule has 32 heavy (non-hydrogen) atoms. The van der Waals surface area contributed by atoms with Crippen LogP contribution in [0.3, 0.4) is 0 Å². The van der Waals surface area contributed by atoms with Crippen molar-refractivity contribution in [2.24, 2.45) is 0 Å². The van der Waals surface area contributed by atoms with E-state index in [1.807, 2.05) is 36.1 Å². The summed E-state index contributed by atoms with van der Waals surface area (Å²) in [5.74, 6) is 1.16. The third-order valence-corrected chi connectivity index (χ3v) is 5.64. The zero-order valence-electron chi connectivity index (χ0n) is 18.4. The molecule has 1 atom stereocenters. The van der Waals surface area contributed by atoms with Crippen LogP contribution in [0.1, 0.15) is 41.0 Å². The normalized spacial score (nSPS) is 15.2. The molecular weight excluding hydrogens is 410 g/mol. The van der Waals surface area contributed by atoms with E-state index in [-0.39, 0.29) is 11.7 Å². The highest BCUT2D eigenvalue weighted by Crippen LogP contribution is 2.45. The number of fused-ring (bicyclic) bond motifs is 1. The maximum Gasteiger partial charge on any atom is 0.273 e. The van der Waals surface area contributed by atoms with Crippen molar-refractivity contribution in [2.45, 2.75) is 19.4 Å². The number of hydrogen-bond donors (Lipinski definition) is 2. The second-order valence-corrected chi connectivity index (χ2v) is 7.44. The molecule has 0 fully saturated rings. The Kier molecular flexibility index (Phi) is 6.32. The molecular formula is C24H27N3O5. The first-order chi connectivity index (χ1) is 15.6. The summed E-state index contributed by atoms with van der Waals surface area (Å²) in [5.41, 5.74) is 3.15. The van der Waals surface area contributed by atoms with Crippen molar-refractivity contribution in [3.63, 3.8) is 0 Å². The maximum atomic E-state index is 13.3. The van der Waals surface area contributed by atoms with E-state index in [2.05, 4.69) is 10.2 Å². The van der Waals surface area contributed by atoms with Crippen LogP contribution in [0.25, 0.3) is 11.3 Å². The zero-order chi connectivity index (χ0) is 22.7. The number of phenols is 1. The van der Waals surface area contributed by atoms with Crippen LogP contribution in [0.15, 0.2) is 42.5 Å². The fourth-order valence-electron chi connectivity index (χ4n) is 4.16. The van der Waals surface area contributed by atoms with Crippen molar-refractivity contribution in [1.29, 1.82) is 0 Å². The Balaban J connectivity index is 1.82. The number of aromatic amines is 1. The first kappa shape index (κ1) is 21.7. The van der Waals surface area contributed by atoms with E-state index in [0.717, 1.165) is 11.1 Å². The Morgan fingerprint density at radius 2 is 1.91 bits per heavy atom. The molecule has 8 nitrogen and oxygen atoms in total. The first-order valence-corrected chi connectivity index (χ1v) is 10.6. The summed E-state index contributed by atoms with van der Waals surface area (Å²) in [5, 5.41) is 17.8. The van der Waals surface area contributed by atoms with Crippen molar-refractivity contribution < 1.29 is 24.1 Å². The SMILES string of the molecule is CCOCCCN1C(=O)c2[nH]nc(-c3ccccc3O)c2[C@H]1c1ccc(OC)c(OC)c1. The number of aromatic nitrogens is 2. The average Bonchev–Trinajstić information content (AvgIpc) is 3.35. The van der Waals surface area contributed by atoms with Crippen molar-refractivity contribution >= 4 is 5.91 Å². The largest absolute Gasteiger partial charge is 0.507 e. The van der Waals surface area contributed by atoms with Crippen LogP contribution >= 0.6 is 0 Å². The minimum absolute atomic E-state index is 0.107. The number of benzene rings is 2. The van der Waals surface area contributed by atoms with E-state index < -0.39 is 6.04 Å². The second kappa shape index (κ2) is 9.32. The van der Waals surface area contributed by atoms with Crippen LogP contribution < -0.4 is 9.47 Å². The lowest BCUT2D eigenvalue weighted by Crippen LogP contribution is -2.31. The molecule has 0 saturated heterocycles. The molecule has 8 heteroatoms. The predicted octanol–water partition coefficient (Wildman–Crippen LogP) is 3.77. The lowest BCUT2D eigenvalue weighted by molar-refractivity contribution is 0.0710. The van der Waals surface area contributed by atoms with Crippen LogP contribution in [-0.4, -0.2) is 60.1 Å². The van der Waals surface area contributed by atoms with Crippen molar-refractivity contribution in [3.05, 3.63) is 59.3 Å². The van der Waals surface area contributed by atoms with Gasteiger partial charge in [-0.05, 0) is 43.2 Å². The van der Waals surface area contributed by atoms with Gasteiger partial charge in [0.15, 0.2) is 11.5 Å². The number of H-pyrrole nitrogens is 1. The lowest BCUT2D eigenvalue weighted by Gasteiger charge is -2.27. The fourth-order valence-corrected chi connectivity index (χ4v) is 4.16. The highest BCUT2D eigenvalue weighted by molar-refractivity contribution is 6.00. The van der Waals surface area contributed by atoms with Crippen molar-refractivity contribution in [2.75, 3.05) is 34.0 Å². The Morgan fingerprint density at radius 1 is 1.12 bits per heavy atom. The van der Waals surface area contributed by atoms with Gasteiger partial charge in [-0.1, -0.05) is 18.2 Å². The van der Waals surface area contributed by atoms with Crippen LogP contribution in [0.4, 0.5) is 0 Å². The fraction of sp³-hybridized carbons (Fsp3) is 0.333. The van der Waals surface area contributed by atoms with Crippen molar-refractivity contribution in [1.82, 2.24) is 15.1 Å². The number of nitrogens with one attached hydrogen (secondary N) is 1. The summed E-state index contributed by atoms with van der Waals surface area (Å²) in [7, 11) is 3.17. The molecule has 0 radical (unpaired) electrons. The minimum atomic E-state index is -0.396. The number of aromatic hydroxyl groups is 1. The monoisotopic (exact) mass is 437 g/mol. The number of ether oxygens (including phenoxy) is 3. The number of methoxy groups -OCH3 is 2. The molecule has 4 rings (SSSR count). The highest BCUT2D eigenvalue weighted by atomic mass is 16.5. The van der Waals surface area contributed by atoms with Gasteiger partial charge in [-0.15, -0.1) is 0 Å². The quantitative estimate of drug-likeness (QED) is 0.495. The number of nitrogens with zero attached hydrogens (tertiary/aromatic N) is 2. The molecule has 0 unspecified atom stereocenters. The molecule has 1 aliphatic rings. The summed E-state index contributed by atoms with van der Waals surface area (Å²) >= 11 is 0. The van der Waals surface area contributed by atoms with Gasteiger partial charge in [-0.25, -0.2) is 0 Å². The van der Waals surface area contributed by atoms with E-state index in [1.165, 1.54) is 0 Å². The Bertz CT molecular complexity index is 1110. The van der Waals surface area contributed by atoms with Gasteiger partial charge in [0, 0.05) is 30.9 Å². The van der Waals surface area contributed by atoms with Gasteiger partial charge in [0.1, 0.15) is 17.1 Å². The zero-order valence-corrected chi connectivity index (χ0v) is 18.4. The number of carbonyl (C=O) groups is 1. The Hall–Kier alpha value is -3.52. The van der Waals surface area contributed by atoms with E-state index >= 15 is 0 Å². The number of phenolic OH excluding ortho intramolecular Hbond substituents is 1. The van der Waals surface area contributed by atoms with Crippen LogP contribution in [0.2, 0.25) is 0 Å². The molecule has 168 valence electrons. The van der Waals surface area contributed by atoms with E-state index in [1.54, 1.807) is 32.4 Å². The van der Waals surface area contributed by atoms with Gasteiger partial charge in [0.25, 0.3) is 5.91 Å². The van der Waals surface area contributed by atoms with Gasteiger partial charge < -0.3 is 24.2 Å². The smallest absolute Gasteiger partial charge is 0.273 e. The van der Waals surface area contributed by atoms with E-state index in [0.29, 0.717) is 54.6 Å². The molecule has 2 N–H and O–H groups in total. The Morgan fingerprint density at radius 3 is 2.62 bits per heavy atom. The molecule has 0 spiro atoms. The van der Waals surface area contributed by atoms with Crippen LogP contribution in [-0.2, 0) is 4.74 Å². The summed E-state index contributed by atoms with van der Waals surface area (Å²) in [4.78, 5) is 15.2. The molecule has 0 saturated carbocycles. The van der Waals surface area contributed by atoms with Gasteiger partial charge in [0.2, 0.25) is 0 Å². The molecule has 2 aromatic carbocycles. The molecule has 0 aliphatic carbocycles. The standard InChI is InChI=1S/C24H27N3O5/c1-4-32-13-7-12-27-23(15-10-11-18(30-2)19(14-15)31-3)20-21(25-26-22(20)24(27)29)16-8-5-6-9-17(16)28/h5-6,8-11,14,23,28H,4,7,12-13H2,1-3H3,(H,25,26)/t23-/m1/s1. The molecule has 1 aliphatic heterocycles. The summed E-state index contributed by atoms with van der Waals surface area (Å²) in [6.07, 6.45) is 0.701. The molecule has 3 aromatic rings. The minimum Gasteiger partial charge on any atom is -0.507 e. The van der Waals surface area contributed by atoms with Crippen LogP contribution in [0.5, 0.6) is 17.2 Å². The molecule has 2 heterocycles.